The zero-order valence-corrected chi connectivity index (χ0v) is 10.3. The molecule has 0 heterocycles. The summed E-state index contributed by atoms with van der Waals surface area (Å²) in [6.45, 7) is 0. The van der Waals surface area contributed by atoms with Crippen LogP contribution in [0, 0.1) is 5.82 Å². The van der Waals surface area contributed by atoms with Gasteiger partial charge in [0.1, 0.15) is 5.82 Å². The van der Waals surface area contributed by atoms with E-state index >= 15 is 0 Å². The second-order valence-electron chi connectivity index (χ2n) is 3.71. The first-order valence-electron chi connectivity index (χ1n) is 5.36. The number of rotatable bonds is 4. The van der Waals surface area contributed by atoms with E-state index in [4.69, 9.17) is 5.11 Å². The van der Waals surface area contributed by atoms with Gasteiger partial charge in [-0.15, -0.1) is 11.8 Å². The summed E-state index contributed by atoms with van der Waals surface area (Å²) < 4.78 is 13.1. The minimum absolute atomic E-state index is 0.153. The summed E-state index contributed by atoms with van der Waals surface area (Å²) in [7, 11) is 0. The predicted molar refractivity (Wildman–Crippen MR) is 69.4 cm³/mol. The molecule has 0 aliphatic heterocycles. The van der Waals surface area contributed by atoms with Crippen molar-refractivity contribution in [3.05, 3.63) is 65.5 Å². The zero-order valence-electron chi connectivity index (χ0n) is 9.47. The van der Waals surface area contributed by atoms with Gasteiger partial charge in [0.2, 0.25) is 0 Å². The number of carbonyl (C=O) groups is 1. The van der Waals surface area contributed by atoms with Crippen LogP contribution in [0.2, 0.25) is 0 Å². The first-order chi connectivity index (χ1) is 8.66. The molecule has 2 rings (SSSR count). The Labute approximate surface area is 108 Å². The van der Waals surface area contributed by atoms with Crippen LogP contribution in [0.25, 0.3) is 0 Å². The lowest BCUT2D eigenvalue weighted by molar-refractivity contribution is 0.0696. The van der Waals surface area contributed by atoms with Gasteiger partial charge in [0.15, 0.2) is 0 Å². The van der Waals surface area contributed by atoms with Gasteiger partial charge in [-0.05, 0) is 35.9 Å². The largest absolute Gasteiger partial charge is 0.478 e. The molecular weight excluding hydrogens is 251 g/mol. The molecule has 92 valence electrons. The van der Waals surface area contributed by atoms with E-state index in [-0.39, 0.29) is 5.56 Å². The normalized spacial score (nSPS) is 10.3. The molecule has 0 radical (unpaired) electrons. The highest BCUT2D eigenvalue weighted by Crippen LogP contribution is 2.24. The monoisotopic (exact) mass is 262 g/mol. The molecule has 1 N–H and O–H groups in total. The summed E-state index contributed by atoms with van der Waals surface area (Å²) in [5, 5.41) is 9.02. The molecule has 0 bridgehead atoms. The first-order valence-corrected chi connectivity index (χ1v) is 6.35. The predicted octanol–water partition coefficient (Wildman–Crippen LogP) is 3.82. The quantitative estimate of drug-likeness (QED) is 0.851. The Hall–Kier alpha value is -1.81. The Morgan fingerprint density at radius 3 is 2.56 bits per heavy atom. The van der Waals surface area contributed by atoms with E-state index in [1.54, 1.807) is 0 Å². The van der Waals surface area contributed by atoms with Gasteiger partial charge in [-0.3, -0.25) is 0 Å². The Morgan fingerprint density at radius 1 is 1.17 bits per heavy atom. The summed E-state index contributed by atoms with van der Waals surface area (Å²) in [4.78, 5) is 12.0. The van der Waals surface area contributed by atoms with E-state index in [2.05, 4.69) is 0 Å². The molecule has 0 saturated carbocycles. The highest BCUT2D eigenvalue weighted by molar-refractivity contribution is 7.98. The van der Waals surface area contributed by atoms with Crippen molar-refractivity contribution >= 4 is 17.7 Å². The van der Waals surface area contributed by atoms with E-state index in [9.17, 15) is 9.18 Å². The van der Waals surface area contributed by atoms with E-state index in [0.717, 1.165) is 4.90 Å². The minimum atomic E-state index is -1.03. The standard InChI is InChI=1S/C14H11FO2S/c15-11-6-7-13(14(16)17)10(8-11)9-18-12-4-2-1-3-5-12/h1-8H,9H2,(H,16,17). The fourth-order valence-corrected chi connectivity index (χ4v) is 2.48. The molecule has 2 nitrogen and oxygen atoms in total. The van der Waals surface area contributed by atoms with Crippen LogP contribution >= 0.6 is 11.8 Å². The van der Waals surface area contributed by atoms with Crippen molar-refractivity contribution in [2.75, 3.05) is 0 Å². The molecular formula is C14H11FO2S. The third-order valence-corrected chi connectivity index (χ3v) is 3.50. The third-order valence-electron chi connectivity index (χ3n) is 2.44. The SMILES string of the molecule is O=C(O)c1ccc(F)cc1CSc1ccccc1. The minimum Gasteiger partial charge on any atom is -0.478 e. The fraction of sp³-hybridized carbons (Fsp3) is 0.0714. The molecule has 4 heteroatoms. The lowest BCUT2D eigenvalue weighted by Crippen LogP contribution is -2.02. The molecule has 0 aliphatic carbocycles. The lowest BCUT2D eigenvalue weighted by Gasteiger charge is -2.06. The van der Waals surface area contributed by atoms with E-state index < -0.39 is 11.8 Å². The molecule has 0 fully saturated rings. The molecule has 0 spiro atoms. The average Bonchev–Trinajstić information content (AvgIpc) is 2.37. The van der Waals surface area contributed by atoms with Crippen LogP contribution in [0.15, 0.2) is 53.4 Å². The second kappa shape index (κ2) is 5.69. The number of carboxylic acid groups (broad SMARTS) is 1. The van der Waals surface area contributed by atoms with Crippen molar-refractivity contribution in [2.45, 2.75) is 10.6 Å². The highest BCUT2D eigenvalue weighted by atomic mass is 32.2. The number of hydrogen-bond donors (Lipinski definition) is 1. The smallest absolute Gasteiger partial charge is 0.335 e. The molecule has 18 heavy (non-hydrogen) atoms. The van der Waals surface area contributed by atoms with Crippen LogP contribution < -0.4 is 0 Å². The third kappa shape index (κ3) is 3.11. The molecule has 0 amide bonds. The van der Waals surface area contributed by atoms with Gasteiger partial charge in [0, 0.05) is 10.6 Å². The molecule has 0 aromatic heterocycles. The van der Waals surface area contributed by atoms with Crippen molar-refractivity contribution in [3.63, 3.8) is 0 Å². The van der Waals surface area contributed by atoms with Gasteiger partial charge < -0.3 is 5.11 Å². The van der Waals surface area contributed by atoms with Gasteiger partial charge in [-0.1, -0.05) is 18.2 Å². The average molecular weight is 262 g/mol. The number of carboxylic acids is 1. The van der Waals surface area contributed by atoms with Crippen LogP contribution in [-0.4, -0.2) is 11.1 Å². The number of aromatic carboxylic acids is 1. The summed E-state index contributed by atoms with van der Waals surface area (Å²) in [5.41, 5.74) is 0.649. The molecule has 2 aromatic rings. The summed E-state index contributed by atoms with van der Waals surface area (Å²) in [5.74, 6) is -1.01. The number of hydrogen-bond acceptors (Lipinski definition) is 2. The van der Waals surface area contributed by atoms with Crippen LogP contribution in [-0.2, 0) is 5.75 Å². The summed E-state index contributed by atoms with van der Waals surface area (Å²) >= 11 is 1.48. The molecule has 0 aliphatic rings. The van der Waals surface area contributed by atoms with Crippen molar-refractivity contribution in [1.82, 2.24) is 0 Å². The van der Waals surface area contributed by atoms with Crippen molar-refractivity contribution in [1.29, 1.82) is 0 Å². The fourth-order valence-electron chi connectivity index (χ4n) is 1.57. The van der Waals surface area contributed by atoms with Gasteiger partial charge >= 0.3 is 5.97 Å². The maximum Gasteiger partial charge on any atom is 0.335 e. The summed E-state index contributed by atoms with van der Waals surface area (Å²) in [6.07, 6.45) is 0. The van der Waals surface area contributed by atoms with Crippen molar-refractivity contribution in [2.24, 2.45) is 0 Å². The Morgan fingerprint density at radius 2 is 1.89 bits per heavy atom. The van der Waals surface area contributed by atoms with Gasteiger partial charge in [-0.2, -0.15) is 0 Å². The topological polar surface area (TPSA) is 37.3 Å². The van der Waals surface area contributed by atoms with Gasteiger partial charge in [0.05, 0.1) is 5.56 Å². The first kappa shape index (κ1) is 12.6. The van der Waals surface area contributed by atoms with Crippen LogP contribution in [0.4, 0.5) is 4.39 Å². The molecule has 0 unspecified atom stereocenters. The molecule has 2 aromatic carbocycles. The highest BCUT2D eigenvalue weighted by Gasteiger charge is 2.11. The van der Waals surface area contributed by atoms with Gasteiger partial charge in [-0.25, -0.2) is 9.18 Å². The molecule has 0 saturated heterocycles. The van der Waals surface area contributed by atoms with Gasteiger partial charge in [0.25, 0.3) is 0 Å². The molecule has 0 atom stereocenters. The lowest BCUT2D eigenvalue weighted by atomic mass is 10.1. The zero-order chi connectivity index (χ0) is 13.0. The van der Waals surface area contributed by atoms with E-state index in [0.29, 0.717) is 11.3 Å². The Balaban J connectivity index is 2.18. The van der Waals surface area contributed by atoms with Crippen molar-refractivity contribution < 1.29 is 14.3 Å². The maximum absolute atomic E-state index is 13.1. The maximum atomic E-state index is 13.1. The Kier molecular flexibility index (Phi) is 3.99. The van der Waals surface area contributed by atoms with Crippen LogP contribution in [0.1, 0.15) is 15.9 Å². The summed E-state index contributed by atoms with van der Waals surface area (Å²) in [6, 6.07) is 13.3. The van der Waals surface area contributed by atoms with E-state index in [1.165, 1.54) is 30.0 Å². The Bertz CT molecular complexity index is 555. The number of halogens is 1. The van der Waals surface area contributed by atoms with Crippen LogP contribution in [0.3, 0.4) is 0 Å². The number of thioether (sulfide) groups is 1. The second-order valence-corrected chi connectivity index (χ2v) is 4.76. The van der Waals surface area contributed by atoms with Crippen molar-refractivity contribution in [3.8, 4) is 0 Å². The number of benzene rings is 2. The van der Waals surface area contributed by atoms with Crippen LogP contribution in [0.5, 0.6) is 0 Å². The van der Waals surface area contributed by atoms with E-state index in [1.807, 2.05) is 30.3 Å².